The third-order valence-corrected chi connectivity index (χ3v) is 3.68. The molecule has 0 saturated carbocycles. The molecule has 1 aromatic carbocycles. The lowest BCUT2D eigenvalue weighted by Gasteiger charge is -2.14. The van der Waals surface area contributed by atoms with E-state index in [2.05, 4.69) is 56.9 Å². The van der Waals surface area contributed by atoms with Crippen LogP contribution in [0.3, 0.4) is 0 Å². The van der Waals surface area contributed by atoms with Crippen LogP contribution in [0.4, 0.5) is 0 Å². The molecule has 0 aliphatic rings. The first-order valence-electron chi connectivity index (χ1n) is 7.11. The number of aryl methyl sites for hydroxylation is 1. The molecule has 2 rings (SSSR count). The summed E-state index contributed by atoms with van der Waals surface area (Å²) < 4.78 is 0. The molecule has 0 fully saturated rings. The minimum atomic E-state index is 0.507. The minimum Gasteiger partial charge on any atom is -0.330 e. The summed E-state index contributed by atoms with van der Waals surface area (Å²) in [6.07, 6.45) is 1.03. The van der Waals surface area contributed by atoms with Crippen LogP contribution < -0.4 is 5.73 Å². The highest BCUT2D eigenvalue weighted by Crippen LogP contribution is 2.25. The van der Waals surface area contributed by atoms with E-state index in [9.17, 15) is 0 Å². The first-order chi connectivity index (χ1) is 9.01. The highest BCUT2D eigenvalue weighted by Gasteiger charge is 2.09. The van der Waals surface area contributed by atoms with E-state index in [-0.39, 0.29) is 0 Å². The van der Waals surface area contributed by atoms with Crippen LogP contribution in [0.5, 0.6) is 0 Å². The first kappa shape index (κ1) is 14.0. The van der Waals surface area contributed by atoms with Crippen molar-refractivity contribution in [2.24, 2.45) is 11.7 Å². The summed E-state index contributed by atoms with van der Waals surface area (Å²) in [7, 11) is 0. The molecule has 2 N–H and O–H groups in total. The van der Waals surface area contributed by atoms with E-state index < -0.39 is 0 Å². The second-order valence-corrected chi connectivity index (χ2v) is 5.90. The fourth-order valence-electron chi connectivity index (χ4n) is 2.45. The van der Waals surface area contributed by atoms with E-state index in [4.69, 9.17) is 5.73 Å². The topological polar surface area (TPSA) is 38.9 Å². The van der Waals surface area contributed by atoms with E-state index in [0.29, 0.717) is 11.8 Å². The quantitative estimate of drug-likeness (QED) is 0.903. The highest BCUT2D eigenvalue weighted by molar-refractivity contribution is 5.83. The van der Waals surface area contributed by atoms with Crippen LogP contribution in [0.15, 0.2) is 24.3 Å². The molecule has 0 aliphatic heterocycles. The van der Waals surface area contributed by atoms with Crippen LogP contribution in [0, 0.1) is 12.8 Å². The first-order valence-corrected chi connectivity index (χ1v) is 7.11. The molecule has 0 saturated heterocycles. The highest BCUT2D eigenvalue weighted by atomic mass is 14.7. The number of rotatable bonds is 4. The van der Waals surface area contributed by atoms with Crippen LogP contribution in [-0.2, 0) is 6.42 Å². The monoisotopic (exact) mass is 256 g/mol. The van der Waals surface area contributed by atoms with Gasteiger partial charge in [0.2, 0.25) is 0 Å². The summed E-state index contributed by atoms with van der Waals surface area (Å²) in [6.45, 7) is 9.45. The number of aromatic nitrogens is 1. The van der Waals surface area contributed by atoms with Gasteiger partial charge in [0.1, 0.15) is 0 Å². The van der Waals surface area contributed by atoms with Gasteiger partial charge in [0.05, 0.1) is 5.52 Å². The predicted octanol–water partition coefficient (Wildman–Crippen LogP) is 3.80. The molecule has 2 nitrogen and oxygen atoms in total. The third-order valence-electron chi connectivity index (χ3n) is 3.68. The standard InChI is InChI=1S/C17H24N2/c1-11(2)14-5-6-17-16(9-14)15(7-12(3)10-18)8-13(4)19-17/h5-6,8-9,11-12H,7,10,18H2,1-4H3. The molecule has 1 atom stereocenters. The normalized spacial score (nSPS) is 13.2. The Morgan fingerprint density at radius 3 is 2.53 bits per heavy atom. The summed E-state index contributed by atoms with van der Waals surface area (Å²) in [5.74, 6) is 1.05. The molecule has 2 heteroatoms. The van der Waals surface area contributed by atoms with Gasteiger partial charge < -0.3 is 5.73 Å². The van der Waals surface area contributed by atoms with E-state index in [1.165, 1.54) is 16.5 Å². The van der Waals surface area contributed by atoms with Crippen LogP contribution in [0.1, 0.15) is 43.5 Å². The van der Waals surface area contributed by atoms with E-state index in [0.717, 1.165) is 24.2 Å². The fraction of sp³-hybridized carbons (Fsp3) is 0.471. The van der Waals surface area contributed by atoms with Gasteiger partial charge in [-0.25, -0.2) is 0 Å². The van der Waals surface area contributed by atoms with Gasteiger partial charge in [0.15, 0.2) is 0 Å². The van der Waals surface area contributed by atoms with Gasteiger partial charge in [-0.05, 0) is 61.1 Å². The zero-order chi connectivity index (χ0) is 14.0. The molecule has 0 aliphatic carbocycles. The Balaban J connectivity index is 2.55. The lowest BCUT2D eigenvalue weighted by Crippen LogP contribution is -2.13. The molecule has 0 amide bonds. The molecule has 0 bridgehead atoms. The van der Waals surface area contributed by atoms with Gasteiger partial charge in [-0.1, -0.05) is 26.8 Å². The Bertz CT molecular complexity index is 573. The number of benzene rings is 1. The Morgan fingerprint density at radius 2 is 1.89 bits per heavy atom. The Kier molecular flexibility index (Phi) is 4.20. The lowest BCUT2D eigenvalue weighted by atomic mass is 9.94. The van der Waals surface area contributed by atoms with Gasteiger partial charge in [-0.15, -0.1) is 0 Å². The van der Waals surface area contributed by atoms with Crippen molar-refractivity contribution in [1.82, 2.24) is 4.98 Å². The molecule has 0 spiro atoms. The van der Waals surface area contributed by atoms with E-state index in [1.54, 1.807) is 0 Å². The number of nitrogens with two attached hydrogens (primary N) is 1. The molecular weight excluding hydrogens is 232 g/mol. The van der Waals surface area contributed by atoms with Gasteiger partial charge in [0.25, 0.3) is 0 Å². The summed E-state index contributed by atoms with van der Waals surface area (Å²) >= 11 is 0. The Labute approximate surface area is 116 Å². The number of nitrogens with zero attached hydrogens (tertiary/aromatic N) is 1. The molecule has 0 radical (unpaired) electrons. The second kappa shape index (κ2) is 5.70. The molecule has 2 aromatic rings. The van der Waals surface area contributed by atoms with Crippen LogP contribution >= 0.6 is 0 Å². The predicted molar refractivity (Wildman–Crippen MR) is 82.5 cm³/mol. The number of pyridine rings is 1. The van der Waals surface area contributed by atoms with Crippen molar-refractivity contribution in [1.29, 1.82) is 0 Å². The van der Waals surface area contributed by atoms with E-state index >= 15 is 0 Å². The van der Waals surface area contributed by atoms with Gasteiger partial charge in [-0.2, -0.15) is 0 Å². The summed E-state index contributed by atoms with van der Waals surface area (Å²) in [5.41, 5.74) is 10.7. The molecule has 1 heterocycles. The average molecular weight is 256 g/mol. The minimum absolute atomic E-state index is 0.507. The molecule has 1 aromatic heterocycles. The van der Waals surface area contributed by atoms with Crippen LogP contribution in [0.2, 0.25) is 0 Å². The van der Waals surface area contributed by atoms with E-state index in [1.807, 2.05) is 0 Å². The molecular formula is C17H24N2. The zero-order valence-electron chi connectivity index (χ0n) is 12.4. The number of hydrogen-bond donors (Lipinski definition) is 1. The van der Waals surface area contributed by atoms with Crippen molar-refractivity contribution >= 4 is 10.9 Å². The zero-order valence-corrected chi connectivity index (χ0v) is 12.4. The van der Waals surface area contributed by atoms with Gasteiger partial charge in [0, 0.05) is 11.1 Å². The van der Waals surface area contributed by atoms with Crippen molar-refractivity contribution < 1.29 is 0 Å². The number of hydrogen-bond acceptors (Lipinski definition) is 2. The SMILES string of the molecule is Cc1cc(CC(C)CN)c2cc(C(C)C)ccc2n1. The maximum atomic E-state index is 5.76. The fourth-order valence-corrected chi connectivity index (χ4v) is 2.45. The molecule has 1 unspecified atom stereocenters. The summed E-state index contributed by atoms with van der Waals surface area (Å²) in [4.78, 5) is 4.64. The van der Waals surface area contributed by atoms with Gasteiger partial charge >= 0.3 is 0 Å². The molecule has 102 valence electrons. The Morgan fingerprint density at radius 1 is 1.16 bits per heavy atom. The van der Waals surface area contributed by atoms with Crippen LogP contribution in [-0.4, -0.2) is 11.5 Å². The molecule has 19 heavy (non-hydrogen) atoms. The van der Waals surface area contributed by atoms with Gasteiger partial charge in [-0.3, -0.25) is 4.98 Å². The third kappa shape index (κ3) is 3.13. The van der Waals surface area contributed by atoms with Crippen molar-refractivity contribution in [2.75, 3.05) is 6.54 Å². The summed E-state index contributed by atoms with van der Waals surface area (Å²) in [5, 5.41) is 1.29. The van der Waals surface area contributed by atoms with Crippen molar-refractivity contribution in [3.63, 3.8) is 0 Å². The maximum absolute atomic E-state index is 5.76. The Hall–Kier alpha value is -1.41. The van der Waals surface area contributed by atoms with Crippen LogP contribution in [0.25, 0.3) is 10.9 Å². The average Bonchev–Trinajstić information content (AvgIpc) is 2.37. The largest absolute Gasteiger partial charge is 0.330 e. The van der Waals surface area contributed by atoms with Crippen molar-refractivity contribution in [3.8, 4) is 0 Å². The maximum Gasteiger partial charge on any atom is 0.0708 e. The summed E-state index contributed by atoms with van der Waals surface area (Å²) in [6, 6.07) is 8.84. The lowest BCUT2D eigenvalue weighted by molar-refractivity contribution is 0.595. The van der Waals surface area contributed by atoms with Crippen molar-refractivity contribution in [3.05, 3.63) is 41.1 Å². The van der Waals surface area contributed by atoms with Crippen molar-refractivity contribution in [2.45, 2.75) is 40.0 Å². The number of fused-ring (bicyclic) bond motifs is 1. The second-order valence-electron chi connectivity index (χ2n) is 5.90. The smallest absolute Gasteiger partial charge is 0.0708 e.